The van der Waals surface area contributed by atoms with Crippen LogP contribution in [0.2, 0.25) is 0 Å². The first kappa shape index (κ1) is 21.0. The van der Waals surface area contributed by atoms with Crippen molar-refractivity contribution < 1.29 is 8.78 Å². The summed E-state index contributed by atoms with van der Waals surface area (Å²) in [6.07, 6.45) is 4.22. The molecule has 1 aliphatic carbocycles. The molecule has 0 spiro atoms. The molecule has 8 heteroatoms. The Balaban J connectivity index is 1.49. The molecule has 1 fully saturated rings. The van der Waals surface area contributed by atoms with E-state index in [-0.39, 0.29) is 24.4 Å². The summed E-state index contributed by atoms with van der Waals surface area (Å²) in [5, 5.41) is 9.45. The third kappa shape index (κ3) is 4.14. The van der Waals surface area contributed by atoms with Crippen molar-refractivity contribution in [2.24, 2.45) is 0 Å². The van der Waals surface area contributed by atoms with Crippen molar-refractivity contribution >= 4 is 11.0 Å². The molecule has 1 aliphatic rings. The highest BCUT2D eigenvalue weighted by Gasteiger charge is 2.35. The molecule has 0 amide bonds. The Morgan fingerprint density at radius 1 is 1.15 bits per heavy atom. The van der Waals surface area contributed by atoms with Gasteiger partial charge in [-0.3, -0.25) is 4.79 Å². The van der Waals surface area contributed by atoms with E-state index in [4.69, 9.17) is 10.2 Å². The lowest BCUT2D eigenvalue weighted by molar-refractivity contribution is -0.0436. The van der Waals surface area contributed by atoms with Crippen molar-refractivity contribution in [1.82, 2.24) is 19.5 Å². The summed E-state index contributed by atoms with van der Waals surface area (Å²) in [5.41, 5.74) is 3.37. The van der Waals surface area contributed by atoms with Crippen molar-refractivity contribution in [3.8, 4) is 17.2 Å². The maximum Gasteiger partial charge on any atom is 0.260 e. The fourth-order valence-electron chi connectivity index (χ4n) is 4.53. The van der Waals surface area contributed by atoms with Crippen LogP contribution in [0.25, 0.3) is 22.2 Å². The second kappa shape index (κ2) is 8.24. The number of hydrogen-bond donors (Lipinski definition) is 1. The highest BCUT2D eigenvalue weighted by atomic mass is 19.3. The average molecular weight is 445 g/mol. The molecule has 3 aromatic heterocycles. The average Bonchev–Trinajstić information content (AvgIpc) is 3.24. The molecular weight excluding hydrogens is 424 g/mol. The van der Waals surface area contributed by atoms with Crippen LogP contribution in [-0.2, 0) is 6.42 Å². The molecule has 0 radical (unpaired) electrons. The summed E-state index contributed by atoms with van der Waals surface area (Å²) in [6.45, 7) is 0. The van der Waals surface area contributed by atoms with Gasteiger partial charge < -0.3 is 9.55 Å². The van der Waals surface area contributed by atoms with Crippen LogP contribution in [0.3, 0.4) is 0 Å². The quantitative estimate of drug-likeness (QED) is 0.479. The zero-order valence-corrected chi connectivity index (χ0v) is 17.8. The number of aromatic amines is 1. The van der Waals surface area contributed by atoms with E-state index in [2.05, 4.69) is 9.97 Å². The smallest absolute Gasteiger partial charge is 0.260 e. The van der Waals surface area contributed by atoms with Gasteiger partial charge in [0.15, 0.2) is 0 Å². The summed E-state index contributed by atoms with van der Waals surface area (Å²) in [6, 6.07) is 14.9. The molecule has 1 aromatic carbocycles. The van der Waals surface area contributed by atoms with Gasteiger partial charge in [-0.2, -0.15) is 5.26 Å². The van der Waals surface area contributed by atoms with E-state index >= 15 is 0 Å². The number of nitrogens with zero attached hydrogens (tertiary/aromatic N) is 4. The first-order valence-corrected chi connectivity index (χ1v) is 10.9. The number of nitrogens with one attached hydrogen (secondary N) is 1. The third-order valence-electron chi connectivity index (χ3n) is 6.27. The molecule has 4 aromatic rings. The molecule has 3 heterocycles. The standard InChI is InChI=1S/C25H21F2N5O/c26-25(27)10-7-19(8-11-25)32-12-9-21-23(32)30-22(31-24(21)33)13-16-3-1-2-4-20(16)17-5-6-18(14-28)29-15-17/h1-6,9,12,15,19H,7-8,10-11,13H2,(H,30,31,33). The van der Waals surface area contributed by atoms with E-state index in [0.29, 0.717) is 41.8 Å². The summed E-state index contributed by atoms with van der Waals surface area (Å²) in [5.74, 6) is -2.11. The van der Waals surface area contributed by atoms with E-state index in [1.165, 1.54) is 0 Å². The first-order chi connectivity index (χ1) is 15.9. The Labute approximate surface area is 188 Å². The van der Waals surface area contributed by atoms with Crippen LogP contribution in [0.5, 0.6) is 0 Å². The number of hydrogen-bond acceptors (Lipinski definition) is 4. The number of benzene rings is 1. The monoisotopic (exact) mass is 445 g/mol. The number of rotatable bonds is 4. The minimum absolute atomic E-state index is 0.0960. The molecule has 0 atom stereocenters. The Hall–Kier alpha value is -3.86. The number of H-pyrrole nitrogens is 1. The number of pyridine rings is 1. The van der Waals surface area contributed by atoms with E-state index in [1.807, 2.05) is 41.0 Å². The number of halogens is 2. The van der Waals surface area contributed by atoms with E-state index in [1.54, 1.807) is 24.5 Å². The van der Waals surface area contributed by atoms with Gasteiger partial charge in [-0.15, -0.1) is 0 Å². The SMILES string of the molecule is N#Cc1ccc(-c2ccccc2Cc2nc3c(ccn3C3CCC(F)(F)CC3)c(=O)[nH]2)cn1. The maximum absolute atomic E-state index is 13.6. The fourth-order valence-corrected chi connectivity index (χ4v) is 4.53. The Morgan fingerprint density at radius 3 is 2.67 bits per heavy atom. The lowest BCUT2D eigenvalue weighted by Gasteiger charge is -2.29. The van der Waals surface area contributed by atoms with Gasteiger partial charge in [0.25, 0.3) is 5.56 Å². The van der Waals surface area contributed by atoms with E-state index in [0.717, 1.165) is 16.7 Å². The van der Waals surface area contributed by atoms with Crippen LogP contribution in [0.4, 0.5) is 8.78 Å². The molecular formula is C25H21F2N5O. The molecule has 0 aliphatic heterocycles. The van der Waals surface area contributed by atoms with Crippen LogP contribution in [-0.4, -0.2) is 25.4 Å². The molecule has 1 saturated carbocycles. The summed E-state index contributed by atoms with van der Waals surface area (Å²) >= 11 is 0. The minimum Gasteiger partial charge on any atom is -0.329 e. The van der Waals surface area contributed by atoms with Crippen LogP contribution in [0.15, 0.2) is 59.7 Å². The first-order valence-electron chi connectivity index (χ1n) is 10.9. The highest BCUT2D eigenvalue weighted by molar-refractivity contribution is 5.75. The predicted molar refractivity (Wildman–Crippen MR) is 120 cm³/mol. The zero-order chi connectivity index (χ0) is 23.0. The molecule has 166 valence electrons. The highest BCUT2D eigenvalue weighted by Crippen LogP contribution is 2.39. The molecule has 5 rings (SSSR count). The topological polar surface area (TPSA) is 87.4 Å². The van der Waals surface area contributed by atoms with Gasteiger partial charge in [-0.05, 0) is 42.2 Å². The predicted octanol–water partition coefficient (Wildman–Crippen LogP) is 5.00. The normalized spacial score (nSPS) is 16.0. The lowest BCUT2D eigenvalue weighted by atomic mass is 9.92. The van der Waals surface area contributed by atoms with Crippen molar-refractivity contribution in [3.05, 3.63) is 82.3 Å². The Kier molecular flexibility index (Phi) is 5.25. The van der Waals surface area contributed by atoms with E-state index < -0.39 is 5.92 Å². The zero-order valence-electron chi connectivity index (χ0n) is 17.8. The molecule has 0 saturated heterocycles. The fraction of sp³-hybridized carbons (Fsp3) is 0.280. The van der Waals surface area contributed by atoms with Crippen LogP contribution >= 0.6 is 0 Å². The third-order valence-corrected chi connectivity index (χ3v) is 6.27. The Bertz CT molecular complexity index is 1410. The summed E-state index contributed by atoms with van der Waals surface area (Å²) in [4.78, 5) is 24.5. The second-order valence-corrected chi connectivity index (χ2v) is 8.44. The van der Waals surface area contributed by atoms with Crippen molar-refractivity contribution in [3.63, 3.8) is 0 Å². The molecule has 1 N–H and O–H groups in total. The van der Waals surface area contributed by atoms with Crippen LogP contribution in [0.1, 0.15) is 48.8 Å². The largest absolute Gasteiger partial charge is 0.329 e. The van der Waals surface area contributed by atoms with Crippen molar-refractivity contribution in [2.45, 2.75) is 44.1 Å². The van der Waals surface area contributed by atoms with Crippen molar-refractivity contribution in [2.75, 3.05) is 0 Å². The van der Waals surface area contributed by atoms with Gasteiger partial charge in [-0.25, -0.2) is 18.7 Å². The van der Waals surface area contributed by atoms with Gasteiger partial charge in [-0.1, -0.05) is 24.3 Å². The number of fused-ring (bicyclic) bond motifs is 1. The van der Waals surface area contributed by atoms with E-state index in [9.17, 15) is 13.6 Å². The van der Waals surface area contributed by atoms with Crippen molar-refractivity contribution in [1.29, 1.82) is 5.26 Å². The Morgan fingerprint density at radius 2 is 1.94 bits per heavy atom. The maximum atomic E-state index is 13.6. The summed E-state index contributed by atoms with van der Waals surface area (Å²) < 4.78 is 29.1. The van der Waals surface area contributed by atoms with Gasteiger partial charge in [0.05, 0.1) is 5.39 Å². The summed E-state index contributed by atoms with van der Waals surface area (Å²) in [7, 11) is 0. The van der Waals surface area contributed by atoms with Gasteiger partial charge in [0.1, 0.15) is 23.2 Å². The second-order valence-electron chi connectivity index (χ2n) is 8.44. The van der Waals surface area contributed by atoms with Crippen LogP contribution in [0, 0.1) is 11.3 Å². The van der Waals surface area contributed by atoms with Gasteiger partial charge in [0.2, 0.25) is 5.92 Å². The minimum atomic E-state index is -2.61. The molecule has 0 bridgehead atoms. The number of nitriles is 1. The lowest BCUT2D eigenvalue weighted by Crippen LogP contribution is -2.26. The van der Waals surface area contributed by atoms with Gasteiger partial charge in [0, 0.05) is 43.3 Å². The number of alkyl halides is 2. The number of aromatic nitrogens is 4. The van der Waals surface area contributed by atoms with Crippen LogP contribution < -0.4 is 5.56 Å². The van der Waals surface area contributed by atoms with Gasteiger partial charge >= 0.3 is 0 Å². The molecule has 0 unspecified atom stereocenters. The molecule has 33 heavy (non-hydrogen) atoms. The molecule has 6 nitrogen and oxygen atoms in total.